The molecular formula is C18H32N2O. The van der Waals surface area contributed by atoms with E-state index in [1.807, 2.05) is 6.08 Å². The highest BCUT2D eigenvalue weighted by Crippen LogP contribution is 2.14. The van der Waals surface area contributed by atoms with Gasteiger partial charge in [0, 0.05) is 11.6 Å². The van der Waals surface area contributed by atoms with Gasteiger partial charge in [-0.3, -0.25) is 4.99 Å². The molecule has 0 spiro atoms. The summed E-state index contributed by atoms with van der Waals surface area (Å²) in [6.45, 7) is 14.8. The Labute approximate surface area is 130 Å². The molecule has 0 saturated carbocycles. The van der Waals surface area contributed by atoms with Crippen LogP contribution in [0.1, 0.15) is 40.5 Å². The van der Waals surface area contributed by atoms with Crippen molar-refractivity contribution >= 4 is 5.71 Å². The Morgan fingerprint density at radius 1 is 1.29 bits per heavy atom. The van der Waals surface area contributed by atoms with Crippen molar-refractivity contribution in [3.8, 4) is 0 Å². The van der Waals surface area contributed by atoms with Gasteiger partial charge in [-0.25, -0.2) is 0 Å². The van der Waals surface area contributed by atoms with Crippen molar-refractivity contribution in [3.63, 3.8) is 0 Å². The van der Waals surface area contributed by atoms with Crippen molar-refractivity contribution in [2.75, 3.05) is 19.6 Å². The number of nitrogens with zero attached hydrogens (tertiary/aromatic N) is 1. The molecule has 0 bridgehead atoms. The van der Waals surface area contributed by atoms with Crippen LogP contribution in [0.25, 0.3) is 0 Å². The molecule has 0 aliphatic carbocycles. The second kappa shape index (κ2) is 12.5. The molecule has 0 fully saturated rings. The molecule has 120 valence electrons. The van der Waals surface area contributed by atoms with E-state index in [2.05, 4.69) is 55.9 Å². The zero-order valence-corrected chi connectivity index (χ0v) is 14.1. The maximum absolute atomic E-state index is 9.18. The number of aliphatic hydroxyl groups is 1. The van der Waals surface area contributed by atoms with E-state index in [0.717, 1.165) is 31.8 Å². The highest BCUT2D eigenvalue weighted by atomic mass is 16.3. The Balaban J connectivity index is 0.000000690. The van der Waals surface area contributed by atoms with E-state index in [1.54, 1.807) is 6.92 Å². The van der Waals surface area contributed by atoms with E-state index in [0.29, 0.717) is 12.3 Å². The molecule has 0 saturated heterocycles. The lowest BCUT2D eigenvalue weighted by Crippen LogP contribution is -2.12. The predicted octanol–water partition coefficient (Wildman–Crippen LogP) is 3.52. The van der Waals surface area contributed by atoms with Crippen LogP contribution in [-0.2, 0) is 0 Å². The zero-order chi connectivity index (χ0) is 16.1. The number of aliphatic imine (C=N–C) groups is 1. The summed E-state index contributed by atoms with van der Waals surface area (Å²) in [6.07, 6.45) is 9.56. The lowest BCUT2D eigenvalue weighted by atomic mass is 9.98. The first-order chi connectivity index (χ1) is 10.0. The van der Waals surface area contributed by atoms with E-state index in [4.69, 9.17) is 0 Å². The monoisotopic (exact) mass is 292 g/mol. The minimum Gasteiger partial charge on any atom is -0.393 e. The fraction of sp³-hybridized carbons (Fsp3) is 0.611. The summed E-state index contributed by atoms with van der Waals surface area (Å²) in [7, 11) is 0. The molecule has 3 nitrogen and oxygen atoms in total. The molecule has 3 heteroatoms. The van der Waals surface area contributed by atoms with E-state index >= 15 is 0 Å². The molecule has 1 rings (SSSR count). The SMILES string of the molecule is C=CCC(C)C1=NC/C(=C\CC(C)O)C=C1.CCNCC. The molecule has 2 unspecified atom stereocenters. The number of aliphatic hydroxyl groups excluding tert-OH is 1. The zero-order valence-electron chi connectivity index (χ0n) is 14.1. The molecule has 0 aromatic heterocycles. The van der Waals surface area contributed by atoms with Crippen molar-refractivity contribution in [1.29, 1.82) is 0 Å². The van der Waals surface area contributed by atoms with E-state index in [-0.39, 0.29) is 6.10 Å². The smallest absolute Gasteiger partial charge is 0.0640 e. The molecule has 0 amide bonds. The highest BCUT2D eigenvalue weighted by Gasteiger charge is 2.09. The third-order valence-corrected chi connectivity index (χ3v) is 3.16. The second-order valence-electron chi connectivity index (χ2n) is 5.32. The molecule has 21 heavy (non-hydrogen) atoms. The van der Waals surface area contributed by atoms with Crippen LogP contribution in [0.2, 0.25) is 0 Å². The molecule has 2 N–H and O–H groups in total. The van der Waals surface area contributed by atoms with Gasteiger partial charge in [0.1, 0.15) is 0 Å². The van der Waals surface area contributed by atoms with Crippen LogP contribution < -0.4 is 5.32 Å². The Bertz CT molecular complexity index is 365. The lowest BCUT2D eigenvalue weighted by Gasteiger charge is -2.14. The first-order valence-electron chi connectivity index (χ1n) is 7.96. The van der Waals surface area contributed by atoms with Gasteiger partial charge in [-0.15, -0.1) is 6.58 Å². The van der Waals surface area contributed by atoms with E-state index in [1.165, 1.54) is 5.57 Å². The molecule has 1 heterocycles. The number of hydrogen-bond donors (Lipinski definition) is 2. The van der Waals surface area contributed by atoms with Crippen LogP contribution in [0.3, 0.4) is 0 Å². The number of dihydropyridines is 1. The average molecular weight is 292 g/mol. The predicted molar refractivity (Wildman–Crippen MR) is 94.0 cm³/mol. The van der Waals surface area contributed by atoms with Gasteiger partial charge in [0.15, 0.2) is 0 Å². The molecule has 1 aliphatic heterocycles. The van der Waals surface area contributed by atoms with Gasteiger partial charge in [-0.2, -0.15) is 0 Å². The van der Waals surface area contributed by atoms with E-state index < -0.39 is 0 Å². The molecule has 0 aromatic carbocycles. The van der Waals surface area contributed by atoms with Crippen LogP contribution >= 0.6 is 0 Å². The Morgan fingerprint density at radius 3 is 2.33 bits per heavy atom. The largest absolute Gasteiger partial charge is 0.393 e. The third kappa shape index (κ3) is 10.2. The summed E-state index contributed by atoms with van der Waals surface area (Å²) in [4.78, 5) is 4.54. The topological polar surface area (TPSA) is 44.6 Å². The van der Waals surface area contributed by atoms with Gasteiger partial charge in [0.2, 0.25) is 0 Å². The van der Waals surface area contributed by atoms with Crippen molar-refractivity contribution in [2.45, 2.75) is 46.6 Å². The van der Waals surface area contributed by atoms with Crippen LogP contribution in [-0.4, -0.2) is 36.6 Å². The minimum atomic E-state index is -0.272. The van der Waals surface area contributed by atoms with Crippen molar-refractivity contribution in [2.24, 2.45) is 10.9 Å². The fourth-order valence-corrected chi connectivity index (χ4v) is 1.88. The standard InChI is InChI=1S/C14H21NO.C4H11N/c1-4-5-11(2)14-9-8-13(10-15-14)7-6-12(3)16;1-3-5-4-2/h4,7-9,11-12,16H,1,5-6,10H2,2-3H3;5H,3-4H2,1-2H3/b13-7-;. The van der Waals surface area contributed by atoms with Gasteiger partial charge in [-0.05, 0) is 44.5 Å². The first-order valence-corrected chi connectivity index (χ1v) is 7.96. The summed E-state index contributed by atoms with van der Waals surface area (Å²) in [5.74, 6) is 0.451. The van der Waals surface area contributed by atoms with Crippen LogP contribution in [0.15, 0.2) is 41.4 Å². The number of rotatable bonds is 7. The van der Waals surface area contributed by atoms with Crippen LogP contribution in [0.5, 0.6) is 0 Å². The quantitative estimate of drug-likeness (QED) is 0.705. The maximum atomic E-state index is 9.18. The molecule has 0 radical (unpaired) electrons. The summed E-state index contributed by atoms with van der Waals surface area (Å²) in [6, 6.07) is 0. The normalized spacial score (nSPS) is 18.5. The highest BCUT2D eigenvalue weighted by molar-refractivity contribution is 5.98. The Kier molecular flexibility index (Phi) is 11.8. The molecule has 0 aromatic rings. The molecule has 2 atom stereocenters. The number of hydrogen-bond acceptors (Lipinski definition) is 3. The lowest BCUT2D eigenvalue weighted by molar-refractivity contribution is 0.198. The van der Waals surface area contributed by atoms with Crippen molar-refractivity contribution < 1.29 is 5.11 Å². The third-order valence-electron chi connectivity index (χ3n) is 3.16. The van der Waals surface area contributed by atoms with Crippen LogP contribution in [0, 0.1) is 5.92 Å². The Morgan fingerprint density at radius 2 is 1.95 bits per heavy atom. The van der Waals surface area contributed by atoms with Crippen molar-refractivity contribution in [3.05, 3.63) is 36.5 Å². The summed E-state index contributed by atoms with van der Waals surface area (Å²) in [5, 5.41) is 12.3. The summed E-state index contributed by atoms with van der Waals surface area (Å²) < 4.78 is 0. The minimum absolute atomic E-state index is 0.272. The second-order valence-corrected chi connectivity index (χ2v) is 5.32. The fourth-order valence-electron chi connectivity index (χ4n) is 1.88. The molecular weight excluding hydrogens is 260 g/mol. The van der Waals surface area contributed by atoms with Gasteiger partial charge in [0.25, 0.3) is 0 Å². The summed E-state index contributed by atoms with van der Waals surface area (Å²) >= 11 is 0. The maximum Gasteiger partial charge on any atom is 0.0640 e. The number of nitrogens with one attached hydrogen (secondary N) is 1. The molecule has 1 aliphatic rings. The van der Waals surface area contributed by atoms with Gasteiger partial charge in [0.05, 0.1) is 12.6 Å². The van der Waals surface area contributed by atoms with Gasteiger partial charge >= 0.3 is 0 Å². The average Bonchev–Trinajstić information content (AvgIpc) is 2.47. The number of allylic oxidation sites excluding steroid dienone is 2. The van der Waals surface area contributed by atoms with Crippen LogP contribution in [0.4, 0.5) is 0 Å². The van der Waals surface area contributed by atoms with Crippen molar-refractivity contribution in [1.82, 2.24) is 5.32 Å². The first kappa shape index (κ1) is 19.8. The Hall–Kier alpha value is -1.19. The summed E-state index contributed by atoms with van der Waals surface area (Å²) in [5.41, 5.74) is 2.34. The van der Waals surface area contributed by atoms with Gasteiger partial charge < -0.3 is 10.4 Å². The van der Waals surface area contributed by atoms with Gasteiger partial charge in [-0.1, -0.05) is 39.0 Å². The van der Waals surface area contributed by atoms with E-state index in [9.17, 15) is 5.11 Å².